The Balaban J connectivity index is 4.17. The van der Waals surface area contributed by atoms with Crippen molar-refractivity contribution in [1.82, 2.24) is 5.32 Å². The lowest BCUT2D eigenvalue weighted by atomic mass is 10.0. The summed E-state index contributed by atoms with van der Waals surface area (Å²) >= 11 is 0. The summed E-state index contributed by atoms with van der Waals surface area (Å²) in [5.41, 5.74) is 0. The van der Waals surface area contributed by atoms with Gasteiger partial charge in [0.1, 0.15) is 6.61 Å². The number of ether oxygens (including phenoxy) is 1. The fraction of sp³-hybridized carbons (Fsp3) is 0.881. The minimum Gasteiger partial charge on any atom is -0.481 e. The number of esters is 1. The van der Waals surface area contributed by atoms with Gasteiger partial charge in [-0.15, -0.1) is 0 Å². The van der Waals surface area contributed by atoms with Gasteiger partial charge in [0.25, 0.3) is 0 Å². The molecule has 3 N–H and O–H groups in total. The lowest BCUT2D eigenvalue weighted by Crippen LogP contribution is -2.46. The summed E-state index contributed by atoms with van der Waals surface area (Å²) in [6.07, 6.45) is 39.3. The maximum atomic E-state index is 12.7. The fourth-order valence-electron chi connectivity index (χ4n) is 6.28. The van der Waals surface area contributed by atoms with Gasteiger partial charge in [-0.2, -0.15) is 0 Å². The van der Waals surface area contributed by atoms with Crippen molar-refractivity contribution < 1.29 is 29.3 Å². The molecule has 49 heavy (non-hydrogen) atoms. The molecule has 0 aliphatic heterocycles. The first-order valence-corrected chi connectivity index (χ1v) is 20.9. The molecule has 0 heterocycles. The van der Waals surface area contributed by atoms with Crippen molar-refractivity contribution in [3.8, 4) is 0 Å². The van der Waals surface area contributed by atoms with Crippen LogP contribution in [0.15, 0.2) is 12.2 Å². The van der Waals surface area contributed by atoms with Crippen LogP contribution in [0.4, 0.5) is 0 Å². The summed E-state index contributed by atoms with van der Waals surface area (Å²) in [6.45, 7) is 4.33. The molecule has 7 heteroatoms. The summed E-state index contributed by atoms with van der Waals surface area (Å²) in [4.78, 5) is 35.5. The predicted molar refractivity (Wildman–Crippen MR) is 205 cm³/mol. The quantitative estimate of drug-likeness (QED) is 0.0337. The van der Waals surface area contributed by atoms with Crippen LogP contribution in [0.2, 0.25) is 0 Å². The Morgan fingerprint density at radius 2 is 0.939 bits per heavy atom. The highest BCUT2D eigenvalue weighted by molar-refractivity contribution is 5.77. The summed E-state index contributed by atoms with van der Waals surface area (Å²) in [5.74, 6) is -1.88. The third kappa shape index (κ3) is 35.7. The molecule has 0 rings (SSSR count). The largest absolute Gasteiger partial charge is 0.481 e. The Kier molecular flexibility index (Phi) is 35.9. The van der Waals surface area contributed by atoms with Crippen molar-refractivity contribution in [2.24, 2.45) is 0 Å². The number of aliphatic carboxylic acids is 1. The summed E-state index contributed by atoms with van der Waals surface area (Å²) in [5, 5.41) is 22.5. The molecule has 0 bridgehead atoms. The normalized spacial score (nSPS) is 12.7. The average Bonchev–Trinajstić information content (AvgIpc) is 3.08. The zero-order valence-corrected chi connectivity index (χ0v) is 32.2. The number of hydrogen-bond donors (Lipinski definition) is 3. The van der Waals surface area contributed by atoms with E-state index in [1.165, 1.54) is 148 Å². The number of carbonyl (C=O) groups excluding carboxylic acids is 2. The van der Waals surface area contributed by atoms with Crippen LogP contribution in [0.25, 0.3) is 0 Å². The van der Waals surface area contributed by atoms with E-state index in [9.17, 15) is 19.5 Å². The van der Waals surface area contributed by atoms with Gasteiger partial charge in [0.15, 0.2) is 0 Å². The molecule has 0 aromatic carbocycles. The van der Waals surface area contributed by atoms with E-state index in [1.807, 2.05) is 6.08 Å². The number of aliphatic hydroxyl groups is 1. The second kappa shape index (κ2) is 37.4. The smallest absolute Gasteiger partial charge is 0.306 e. The molecule has 0 aliphatic rings. The highest BCUT2D eigenvalue weighted by atomic mass is 16.5. The summed E-state index contributed by atoms with van der Waals surface area (Å²) < 4.78 is 5.22. The van der Waals surface area contributed by atoms with Crippen molar-refractivity contribution >= 4 is 17.8 Å². The fourth-order valence-corrected chi connectivity index (χ4v) is 6.28. The van der Waals surface area contributed by atoms with Gasteiger partial charge in [0.05, 0.1) is 25.0 Å². The first kappa shape index (κ1) is 47.1. The van der Waals surface area contributed by atoms with Crippen molar-refractivity contribution in [3.63, 3.8) is 0 Å². The van der Waals surface area contributed by atoms with Crippen LogP contribution >= 0.6 is 0 Å². The Morgan fingerprint density at radius 1 is 0.551 bits per heavy atom. The van der Waals surface area contributed by atoms with E-state index in [2.05, 4.69) is 19.2 Å². The molecule has 288 valence electrons. The monoisotopic (exact) mass is 694 g/mol. The lowest BCUT2D eigenvalue weighted by molar-refractivity contribution is -0.149. The van der Waals surface area contributed by atoms with Crippen LogP contribution in [0.1, 0.15) is 219 Å². The van der Waals surface area contributed by atoms with E-state index >= 15 is 0 Å². The van der Waals surface area contributed by atoms with E-state index in [4.69, 9.17) is 9.84 Å². The van der Waals surface area contributed by atoms with Crippen molar-refractivity contribution in [2.45, 2.75) is 231 Å². The molecule has 7 nitrogen and oxygen atoms in total. The van der Waals surface area contributed by atoms with Crippen LogP contribution in [0.5, 0.6) is 0 Å². The Morgan fingerprint density at radius 3 is 1.35 bits per heavy atom. The van der Waals surface area contributed by atoms with Crippen molar-refractivity contribution in [1.29, 1.82) is 0 Å². The number of rotatable bonds is 38. The average molecular weight is 694 g/mol. The maximum Gasteiger partial charge on any atom is 0.306 e. The third-order valence-electron chi connectivity index (χ3n) is 9.54. The van der Waals surface area contributed by atoms with Gasteiger partial charge in [-0.25, -0.2) is 0 Å². The van der Waals surface area contributed by atoms with Crippen molar-refractivity contribution in [2.75, 3.05) is 6.61 Å². The summed E-state index contributed by atoms with van der Waals surface area (Å²) in [6, 6.07) is -0.763. The number of carbonyl (C=O) groups is 3. The topological polar surface area (TPSA) is 113 Å². The minimum absolute atomic E-state index is 0.162. The first-order valence-electron chi connectivity index (χ1n) is 20.9. The van der Waals surface area contributed by atoms with Gasteiger partial charge in [0.2, 0.25) is 5.91 Å². The molecule has 0 radical (unpaired) electrons. The van der Waals surface area contributed by atoms with Crippen LogP contribution < -0.4 is 5.32 Å². The standard InChI is InChI=1S/C42H79NO6/c1-3-5-7-9-11-13-15-17-18-19-20-22-24-26-28-30-32-34-40(45)43-38(37-49-42(48)36-35-41(46)47)39(44)33-31-29-27-25-23-21-16-14-12-10-8-6-4-2/h31,33,38-39,44H,3-30,32,34-37H2,1-2H3,(H,43,45)(H,46,47)/b33-31+/t38-,39+/m0/s1. The Bertz CT molecular complexity index is 785. The van der Waals surface area contributed by atoms with Gasteiger partial charge in [-0.1, -0.05) is 193 Å². The SMILES string of the molecule is CCCCCCCCCCCCC/C=C/[C@@H](O)[C@H](COC(=O)CCC(=O)O)NC(=O)CCCCCCCCCCCCCCCCCCC. The predicted octanol–water partition coefficient (Wildman–Crippen LogP) is 11.5. The summed E-state index contributed by atoms with van der Waals surface area (Å²) in [7, 11) is 0. The van der Waals surface area contributed by atoms with E-state index in [0.717, 1.165) is 38.5 Å². The number of aliphatic hydroxyl groups excluding tert-OH is 1. The molecule has 0 spiro atoms. The second-order valence-electron chi connectivity index (χ2n) is 14.4. The van der Waals surface area contributed by atoms with Crippen LogP contribution in [0, 0.1) is 0 Å². The zero-order chi connectivity index (χ0) is 36.0. The molecule has 0 saturated heterocycles. The van der Waals surface area contributed by atoms with E-state index in [-0.39, 0.29) is 25.4 Å². The Hall–Kier alpha value is -1.89. The molecular weight excluding hydrogens is 614 g/mol. The van der Waals surface area contributed by atoms with Crippen molar-refractivity contribution in [3.05, 3.63) is 12.2 Å². The highest BCUT2D eigenvalue weighted by Crippen LogP contribution is 2.15. The molecule has 0 aromatic rings. The lowest BCUT2D eigenvalue weighted by Gasteiger charge is -2.22. The van der Waals surface area contributed by atoms with E-state index < -0.39 is 24.1 Å². The number of allylic oxidation sites excluding steroid dienone is 1. The highest BCUT2D eigenvalue weighted by Gasteiger charge is 2.21. The van der Waals surface area contributed by atoms with Crippen LogP contribution in [0.3, 0.4) is 0 Å². The van der Waals surface area contributed by atoms with Gasteiger partial charge in [-0.05, 0) is 19.3 Å². The van der Waals surface area contributed by atoms with Gasteiger partial charge < -0.3 is 20.3 Å². The van der Waals surface area contributed by atoms with Gasteiger partial charge in [-0.3, -0.25) is 14.4 Å². The molecule has 2 atom stereocenters. The van der Waals surface area contributed by atoms with E-state index in [1.54, 1.807) is 6.08 Å². The number of carboxylic acid groups (broad SMARTS) is 1. The molecule has 0 unspecified atom stereocenters. The van der Waals surface area contributed by atoms with Gasteiger partial charge >= 0.3 is 11.9 Å². The second-order valence-corrected chi connectivity index (χ2v) is 14.4. The number of unbranched alkanes of at least 4 members (excludes halogenated alkanes) is 27. The molecule has 1 amide bonds. The van der Waals surface area contributed by atoms with Crippen LogP contribution in [-0.4, -0.2) is 46.8 Å². The molecule has 0 fully saturated rings. The molecule has 0 aromatic heterocycles. The van der Waals surface area contributed by atoms with Crippen LogP contribution in [-0.2, 0) is 19.1 Å². The molecular formula is C42H79NO6. The third-order valence-corrected chi connectivity index (χ3v) is 9.54. The molecule has 0 saturated carbocycles. The van der Waals surface area contributed by atoms with E-state index in [0.29, 0.717) is 6.42 Å². The Labute approximate surface area is 302 Å². The molecule has 0 aliphatic carbocycles. The maximum absolute atomic E-state index is 12.7. The number of nitrogens with one attached hydrogen (secondary N) is 1. The minimum atomic E-state index is -1.07. The van der Waals surface area contributed by atoms with Gasteiger partial charge in [0, 0.05) is 6.42 Å². The number of amides is 1. The first-order chi connectivity index (χ1) is 23.9. The number of hydrogen-bond acceptors (Lipinski definition) is 5. The number of carboxylic acids is 1. The zero-order valence-electron chi connectivity index (χ0n) is 32.2.